The number of rotatable bonds is 7. The summed E-state index contributed by atoms with van der Waals surface area (Å²) in [5, 5.41) is 2.75. The summed E-state index contributed by atoms with van der Waals surface area (Å²) in [7, 11) is 0. The number of hydrogen-bond donors (Lipinski definition) is 2. The maximum absolute atomic E-state index is 13.2. The van der Waals surface area contributed by atoms with E-state index in [-0.39, 0.29) is 17.2 Å². The van der Waals surface area contributed by atoms with Crippen molar-refractivity contribution in [1.29, 1.82) is 0 Å². The van der Waals surface area contributed by atoms with E-state index in [1.807, 2.05) is 11.8 Å². The Morgan fingerprint density at radius 3 is 2.89 bits per heavy atom. The number of unbranched alkanes of at least 4 members (excludes halogenated alkanes) is 2. The maximum Gasteiger partial charge on any atom is 0.253 e. The Hall–Kier alpha value is -1.23. The van der Waals surface area contributed by atoms with Gasteiger partial charge in [-0.2, -0.15) is 11.8 Å². The largest absolute Gasteiger partial charge is 0.396 e. The van der Waals surface area contributed by atoms with Crippen LogP contribution < -0.4 is 11.1 Å². The third-order valence-corrected chi connectivity index (χ3v) is 3.31. The molecule has 0 bridgehead atoms. The first kappa shape index (κ1) is 14.8. The number of nitrogens with one attached hydrogen (secondary N) is 1. The van der Waals surface area contributed by atoms with E-state index in [0.717, 1.165) is 25.0 Å². The minimum Gasteiger partial charge on any atom is -0.396 e. The zero-order valence-electron chi connectivity index (χ0n) is 10.5. The Morgan fingerprint density at radius 1 is 1.39 bits per heavy atom. The zero-order valence-corrected chi connectivity index (χ0v) is 11.4. The van der Waals surface area contributed by atoms with Crippen molar-refractivity contribution in [2.75, 3.05) is 24.3 Å². The minimum absolute atomic E-state index is 0.0858. The van der Waals surface area contributed by atoms with E-state index in [1.165, 1.54) is 18.2 Å². The second kappa shape index (κ2) is 7.97. The lowest BCUT2D eigenvalue weighted by Gasteiger charge is -2.07. The third kappa shape index (κ3) is 4.56. The first-order valence-corrected chi connectivity index (χ1v) is 7.37. The summed E-state index contributed by atoms with van der Waals surface area (Å²) in [5.41, 5.74) is 5.64. The first-order valence-electron chi connectivity index (χ1n) is 5.98. The standard InChI is InChI=1S/C13H19FN2OS/c1-18-9-4-2-3-8-16-13(17)10-6-5-7-11(14)12(10)15/h5-7H,2-4,8-9,15H2,1H3,(H,16,17). The number of thioether (sulfide) groups is 1. The van der Waals surface area contributed by atoms with Gasteiger partial charge in [-0.05, 0) is 37.0 Å². The predicted octanol–water partition coefficient (Wildman–Crippen LogP) is 2.67. The van der Waals surface area contributed by atoms with Gasteiger partial charge in [-0.1, -0.05) is 12.5 Å². The van der Waals surface area contributed by atoms with E-state index in [4.69, 9.17) is 5.73 Å². The average molecular weight is 270 g/mol. The summed E-state index contributed by atoms with van der Waals surface area (Å²) in [6, 6.07) is 4.26. The Bertz CT molecular complexity index is 399. The second-order valence-electron chi connectivity index (χ2n) is 4.01. The molecule has 0 atom stereocenters. The number of benzene rings is 1. The van der Waals surface area contributed by atoms with Gasteiger partial charge in [0.05, 0.1) is 11.3 Å². The SMILES string of the molecule is CSCCCCCNC(=O)c1cccc(F)c1N. The highest BCUT2D eigenvalue weighted by Gasteiger charge is 2.11. The predicted molar refractivity (Wildman–Crippen MR) is 75.4 cm³/mol. The molecule has 1 aromatic rings. The first-order chi connectivity index (χ1) is 8.66. The van der Waals surface area contributed by atoms with Crippen LogP contribution in [0, 0.1) is 5.82 Å². The number of nitrogen functional groups attached to an aromatic ring is 1. The number of carbonyl (C=O) groups excluding carboxylic acids is 1. The molecule has 0 radical (unpaired) electrons. The molecule has 3 nitrogen and oxygen atoms in total. The minimum atomic E-state index is -0.553. The molecule has 18 heavy (non-hydrogen) atoms. The van der Waals surface area contributed by atoms with Gasteiger partial charge in [-0.3, -0.25) is 4.79 Å². The summed E-state index contributed by atoms with van der Waals surface area (Å²) in [4.78, 5) is 11.7. The summed E-state index contributed by atoms with van der Waals surface area (Å²) in [5.74, 6) is 0.282. The van der Waals surface area contributed by atoms with Crippen molar-refractivity contribution in [3.8, 4) is 0 Å². The van der Waals surface area contributed by atoms with Gasteiger partial charge < -0.3 is 11.1 Å². The molecule has 1 amide bonds. The van der Waals surface area contributed by atoms with Crippen LogP contribution in [-0.4, -0.2) is 24.5 Å². The van der Waals surface area contributed by atoms with E-state index in [1.54, 1.807) is 0 Å². The molecule has 5 heteroatoms. The van der Waals surface area contributed by atoms with Gasteiger partial charge >= 0.3 is 0 Å². The molecule has 0 aliphatic carbocycles. The van der Waals surface area contributed by atoms with Crippen LogP contribution in [0.1, 0.15) is 29.6 Å². The fraction of sp³-hybridized carbons (Fsp3) is 0.462. The Kier molecular flexibility index (Phi) is 6.57. The number of nitrogens with two attached hydrogens (primary N) is 1. The van der Waals surface area contributed by atoms with Crippen LogP contribution in [0.5, 0.6) is 0 Å². The fourth-order valence-corrected chi connectivity index (χ4v) is 2.07. The van der Waals surface area contributed by atoms with Crippen LogP contribution in [0.2, 0.25) is 0 Å². The highest BCUT2D eigenvalue weighted by Crippen LogP contribution is 2.15. The van der Waals surface area contributed by atoms with Gasteiger partial charge in [-0.25, -0.2) is 4.39 Å². The Morgan fingerprint density at radius 2 is 2.17 bits per heavy atom. The van der Waals surface area contributed by atoms with E-state index in [2.05, 4.69) is 11.6 Å². The highest BCUT2D eigenvalue weighted by atomic mass is 32.2. The summed E-state index contributed by atoms with van der Waals surface area (Å²) < 4.78 is 13.2. The molecule has 0 heterocycles. The maximum atomic E-state index is 13.2. The van der Waals surface area contributed by atoms with Crippen LogP contribution in [0.3, 0.4) is 0 Å². The lowest BCUT2D eigenvalue weighted by Crippen LogP contribution is -2.25. The van der Waals surface area contributed by atoms with Crippen LogP contribution >= 0.6 is 11.8 Å². The van der Waals surface area contributed by atoms with Crippen molar-refractivity contribution < 1.29 is 9.18 Å². The molecule has 0 saturated heterocycles. The molecular formula is C13H19FN2OS. The number of carbonyl (C=O) groups is 1. The topological polar surface area (TPSA) is 55.1 Å². The molecular weight excluding hydrogens is 251 g/mol. The van der Waals surface area contributed by atoms with E-state index in [9.17, 15) is 9.18 Å². The zero-order chi connectivity index (χ0) is 13.4. The van der Waals surface area contributed by atoms with Gasteiger partial charge in [0.15, 0.2) is 0 Å². The smallest absolute Gasteiger partial charge is 0.253 e. The van der Waals surface area contributed by atoms with E-state index < -0.39 is 5.82 Å². The monoisotopic (exact) mass is 270 g/mol. The molecule has 0 saturated carbocycles. The summed E-state index contributed by atoms with van der Waals surface area (Å²) in [6.07, 6.45) is 5.24. The molecule has 0 unspecified atom stereocenters. The lowest BCUT2D eigenvalue weighted by atomic mass is 10.1. The number of para-hydroxylation sites is 1. The van der Waals surface area contributed by atoms with Crippen molar-refractivity contribution in [2.45, 2.75) is 19.3 Å². The molecule has 0 aromatic heterocycles. The fourth-order valence-electron chi connectivity index (χ4n) is 1.58. The average Bonchev–Trinajstić information content (AvgIpc) is 2.36. The van der Waals surface area contributed by atoms with Crippen molar-refractivity contribution in [3.05, 3.63) is 29.6 Å². The van der Waals surface area contributed by atoms with Crippen LogP contribution in [-0.2, 0) is 0 Å². The van der Waals surface area contributed by atoms with Crippen molar-refractivity contribution in [3.63, 3.8) is 0 Å². The number of halogens is 1. The molecule has 0 fully saturated rings. The van der Waals surface area contributed by atoms with Gasteiger partial charge in [0.2, 0.25) is 0 Å². The van der Waals surface area contributed by atoms with E-state index >= 15 is 0 Å². The van der Waals surface area contributed by atoms with Crippen molar-refractivity contribution in [2.24, 2.45) is 0 Å². The van der Waals surface area contributed by atoms with Crippen LogP contribution in [0.15, 0.2) is 18.2 Å². The molecule has 3 N–H and O–H groups in total. The van der Waals surface area contributed by atoms with Gasteiger partial charge in [0.1, 0.15) is 5.82 Å². The van der Waals surface area contributed by atoms with Crippen LogP contribution in [0.4, 0.5) is 10.1 Å². The third-order valence-electron chi connectivity index (χ3n) is 2.61. The Labute approximate surface area is 111 Å². The van der Waals surface area contributed by atoms with Gasteiger partial charge in [0.25, 0.3) is 5.91 Å². The van der Waals surface area contributed by atoms with Gasteiger partial charge in [-0.15, -0.1) is 0 Å². The van der Waals surface area contributed by atoms with Crippen LogP contribution in [0.25, 0.3) is 0 Å². The lowest BCUT2D eigenvalue weighted by molar-refractivity contribution is 0.0953. The molecule has 1 rings (SSSR count). The molecule has 0 aliphatic heterocycles. The normalized spacial score (nSPS) is 10.3. The Balaban J connectivity index is 2.35. The molecule has 1 aromatic carbocycles. The number of amides is 1. The molecule has 0 aliphatic rings. The highest BCUT2D eigenvalue weighted by molar-refractivity contribution is 7.98. The number of anilines is 1. The van der Waals surface area contributed by atoms with Crippen molar-refractivity contribution in [1.82, 2.24) is 5.32 Å². The summed E-state index contributed by atoms with van der Waals surface area (Å²) >= 11 is 1.82. The second-order valence-corrected chi connectivity index (χ2v) is 5.00. The van der Waals surface area contributed by atoms with Crippen molar-refractivity contribution >= 4 is 23.4 Å². The molecule has 0 spiro atoms. The molecule has 100 valence electrons. The number of hydrogen-bond acceptors (Lipinski definition) is 3. The van der Waals surface area contributed by atoms with Gasteiger partial charge in [0, 0.05) is 6.54 Å². The summed E-state index contributed by atoms with van der Waals surface area (Å²) in [6.45, 7) is 0.600. The quantitative estimate of drug-likeness (QED) is 0.591. The van der Waals surface area contributed by atoms with E-state index in [0.29, 0.717) is 6.54 Å².